The van der Waals surface area contributed by atoms with Gasteiger partial charge in [0.15, 0.2) is 0 Å². The van der Waals surface area contributed by atoms with Gasteiger partial charge in [-0.2, -0.15) is 0 Å². The number of anilines is 1. The third-order valence-corrected chi connectivity index (χ3v) is 5.96. The van der Waals surface area contributed by atoms with Crippen molar-refractivity contribution < 1.29 is 18.3 Å². The lowest BCUT2D eigenvalue weighted by Gasteiger charge is -2.19. The molecule has 2 heterocycles. The smallest absolute Gasteiger partial charge is 0.253 e. The number of aromatic nitrogens is 2. The Bertz CT molecular complexity index is 903. The Balaban J connectivity index is 1.67. The van der Waals surface area contributed by atoms with E-state index in [0.29, 0.717) is 24.2 Å². The summed E-state index contributed by atoms with van der Waals surface area (Å²) >= 11 is 0. The van der Waals surface area contributed by atoms with Crippen molar-refractivity contribution in [2.75, 3.05) is 30.7 Å². The molecule has 9 heteroatoms. The highest BCUT2D eigenvalue weighted by Gasteiger charge is 2.34. The number of rotatable bonds is 5. The number of aliphatic hydroxyl groups is 1. The number of hydrogen-bond donors (Lipinski definition) is 1. The molecule has 1 saturated heterocycles. The zero-order chi connectivity index (χ0) is 19.6. The molecule has 2 aromatic rings. The van der Waals surface area contributed by atoms with Crippen LogP contribution in [0, 0.1) is 5.92 Å². The zero-order valence-corrected chi connectivity index (χ0v) is 16.0. The maximum atomic E-state index is 12.7. The molecule has 1 aliphatic heterocycles. The molecule has 1 fully saturated rings. The lowest BCUT2D eigenvalue weighted by atomic mass is 10.0. The predicted molar refractivity (Wildman–Crippen MR) is 101 cm³/mol. The van der Waals surface area contributed by atoms with Crippen LogP contribution in [-0.2, 0) is 16.4 Å². The maximum Gasteiger partial charge on any atom is 0.253 e. The molecule has 0 spiro atoms. The molecule has 0 bridgehead atoms. The first-order valence-corrected chi connectivity index (χ1v) is 10.4. The van der Waals surface area contributed by atoms with Crippen LogP contribution in [0.25, 0.3) is 0 Å². The summed E-state index contributed by atoms with van der Waals surface area (Å²) in [7, 11) is -1.90. The van der Waals surface area contributed by atoms with Crippen molar-refractivity contribution in [3.8, 4) is 0 Å². The summed E-state index contributed by atoms with van der Waals surface area (Å²) in [5, 5.41) is 10.3. The average Bonchev–Trinajstić information content (AvgIpc) is 3.01. The second kappa shape index (κ2) is 7.61. The van der Waals surface area contributed by atoms with Crippen LogP contribution in [0.5, 0.6) is 0 Å². The number of sulfonamides is 1. The minimum Gasteiger partial charge on any atom is -0.391 e. The van der Waals surface area contributed by atoms with E-state index < -0.39 is 16.1 Å². The maximum absolute atomic E-state index is 12.7. The van der Waals surface area contributed by atoms with Crippen molar-refractivity contribution in [3.05, 3.63) is 54.1 Å². The first kappa shape index (κ1) is 19.2. The summed E-state index contributed by atoms with van der Waals surface area (Å²) in [5.74, 6) is -0.287. The molecule has 0 radical (unpaired) electrons. The third-order valence-electron chi connectivity index (χ3n) is 4.76. The van der Waals surface area contributed by atoms with Crippen molar-refractivity contribution in [1.29, 1.82) is 0 Å². The Morgan fingerprint density at radius 3 is 2.56 bits per heavy atom. The van der Waals surface area contributed by atoms with Crippen molar-refractivity contribution in [3.63, 3.8) is 0 Å². The largest absolute Gasteiger partial charge is 0.391 e. The fraction of sp³-hybridized carbons (Fsp3) is 0.389. The molecule has 2 atom stereocenters. The second-order valence-electron chi connectivity index (χ2n) is 6.72. The van der Waals surface area contributed by atoms with Gasteiger partial charge in [0.2, 0.25) is 10.0 Å². The fourth-order valence-electron chi connectivity index (χ4n) is 3.11. The van der Waals surface area contributed by atoms with Gasteiger partial charge in [0.1, 0.15) is 0 Å². The van der Waals surface area contributed by atoms with E-state index >= 15 is 0 Å². The van der Waals surface area contributed by atoms with E-state index in [1.165, 1.54) is 7.05 Å². The van der Waals surface area contributed by atoms with Crippen LogP contribution in [0.3, 0.4) is 0 Å². The average molecular weight is 390 g/mol. The zero-order valence-electron chi connectivity index (χ0n) is 15.2. The van der Waals surface area contributed by atoms with Crippen molar-refractivity contribution >= 4 is 21.6 Å². The molecule has 1 amide bonds. The number of β-amino-alcohol motifs (C(OH)–C–C–N with tert-alkyl or cyclic N) is 1. The lowest BCUT2D eigenvalue weighted by molar-refractivity contribution is 0.0764. The predicted octanol–water partition coefficient (Wildman–Crippen LogP) is 0.548. The van der Waals surface area contributed by atoms with Gasteiger partial charge in [-0.15, -0.1) is 0 Å². The number of aliphatic hydroxyl groups excluding tert-OH is 1. The molecule has 0 aliphatic carbocycles. The minimum absolute atomic E-state index is 0.0960. The second-order valence-corrected chi connectivity index (χ2v) is 8.73. The lowest BCUT2D eigenvalue weighted by Crippen LogP contribution is -2.30. The van der Waals surface area contributed by atoms with E-state index in [1.54, 1.807) is 47.8 Å². The molecule has 1 N–H and O–H groups in total. The van der Waals surface area contributed by atoms with Crippen LogP contribution >= 0.6 is 0 Å². The van der Waals surface area contributed by atoms with Gasteiger partial charge in [-0.05, 0) is 30.7 Å². The van der Waals surface area contributed by atoms with Crippen LogP contribution in [0.15, 0.2) is 42.9 Å². The number of carbonyl (C=O) groups excluding carboxylic acids is 1. The number of likely N-dealkylation sites (tertiary alicyclic amines) is 1. The molecular weight excluding hydrogens is 368 g/mol. The quantitative estimate of drug-likeness (QED) is 0.800. The first-order chi connectivity index (χ1) is 12.8. The minimum atomic E-state index is -3.36. The first-order valence-electron chi connectivity index (χ1n) is 8.52. The van der Waals surface area contributed by atoms with E-state index in [1.807, 2.05) is 0 Å². The van der Waals surface area contributed by atoms with Crippen molar-refractivity contribution in [1.82, 2.24) is 14.9 Å². The number of carbonyl (C=O) groups is 1. The number of amides is 1. The highest BCUT2D eigenvalue weighted by atomic mass is 32.2. The van der Waals surface area contributed by atoms with Crippen molar-refractivity contribution in [2.45, 2.75) is 12.5 Å². The number of hydrogen-bond acceptors (Lipinski definition) is 6. The molecule has 1 aliphatic rings. The molecule has 1 aromatic carbocycles. The topological polar surface area (TPSA) is 104 Å². The molecule has 27 heavy (non-hydrogen) atoms. The van der Waals surface area contributed by atoms with E-state index in [0.717, 1.165) is 16.3 Å². The third kappa shape index (κ3) is 4.42. The van der Waals surface area contributed by atoms with Crippen LogP contribution in [0.4, 0.5) is 5.69 Å². The number of benzene rings is 1. The Morgan fingerprint density at radius 2 is 1.96 bits per heavy atom. The summed E-state index contributed by atoms with van der Waals surface area (Å²) in [6.07, 6.45) is 5.91. The van der Waals surface area contributed by atoms with Crippen LogP contribution in [0.1, 0.15) is 16.1 Å². The number of nitrogens with zero attached hydrogens (tertiary/aromatic N) is 4. The van der Waals surface area contributed by atoms with Gasteiger partial charge >= 0.3 is 0 Å². The summed E-state index contributed by atoms with van der Waals surface area (Å²) in [4.78, 5) is 22.6. The molecule has 0 saturated carbocycles. The van der Waals surface area contributed by atoms with Crippen LogP contribution in [0.2, 0.25) is 0 Å². The molecule has 0 unspecified atom stereocenters. The van der Waals surface area contributed by atoms with Gasteiger partial charge < -0.3 is 10.0 Å². The van der Waals surface area contributed by atoms with Gasteiger partial charge in [-0.3, -0.25) is 19.1 Å². The summed E-state index contributed by atoms with van der Waals surface area (Å²) in [5.41, 5.74) is 1.72. The van der Waals surface area contributed by atoms with Crippen LogP contribution in [-0.4, -0.2) is 66.8 Å². The monoisotopic (exact) mass is 390 g/mol. The van der Waals surface area contributed by atoms with E-state index in [-0.39, 0.29) is 18.4 Å². The highest BCUT2D eigenvalue weighted by Crippen LogP contribution is 2.23. The van der Waals surface area contributed by atoms with Gasteiger partial charge in [0, 0.05) is 50.2 Å². The summed E-state index contributed by atoms with van der Waals surface area (Å²) in [6, 6.07) is 6.39. The van der Waals surface area contributed by atoms with Gasteiger partial charge in [-0.25, -0.2) is 8.42 Å². The van der Waals surface area contributed by atoms with Gasteiger partial charge in [-0.1, -0.05) is 0 Å². The Hall–Kier alpha value is -2.52. The van der Waals surface area contributed by atoms with E-state index in [4.69, 9.17) is 0 Å². The Kier molecular flexibility index (Phi) is 5.43. The van der Waals surface area contributed by atoms with Crippen LogP contribution < -0.4 is 4.31 Å². The highest BCUT2D eigenvalue weighted by molar-refractivity contribution is 7.92. The summed E-state index contributed by atoms with van der Waals surface area (Å²) in [6.45, 7) is 0.691. The van der Waals surface area contributed by atoms with Crippen molar-refractivity contribution in [2.24, 2.45) is 5.92 Å². The Labute approximate surface area is 158 Å². The molecule has 3 rings (SSSR count). The fourth-order valence-corrected chi connectivity index (χ4v) is 3.62. The van der Waals surface area contributed by atoms with Gasteiger partial charge in [0.25, 0.3) is 5.91 Å². The molecule has 1 aromatic heterocycles. The molecular formula is C18H22N4O4S. The Morgan fingerprint density at radius 1 is 1.26 bits per heavy atom. The molecule has 144 valence electrons. The SMILES string of the molecule is CN(c1ccc(C(=O)N2C[C@@H](Cc3cnccn3)[C@H](O)C2)cc1)S(C)(=O)=O. The summed E-state index contributed by atoms with van der Waals surface area (Å²) < 4.78 is 24.3. The van der Waals surface area contributed by atoms with E-state index in [2.05, 4.69) is 9.97 Å². The molecule has 8 nitrogen and oxygen atoms in total. The van der Waals surface area contributed by atoms with E-state index in [9.17, 15) is 18.3 Å². The normalized spacial score (nSPS) is 19.9. The van der Waals surface area contributed by atoms with Gasteiger partial charge in [0.05, 0.1) is 23.7 Å². The standard InChI is InChI=1S/C18H22N4O4S/c1-21(27(2,25)26)16-5-3-13(4-6-16)18(24)22-11-14(17(23)12-22)9-15-10-19-7-8-20-15/h3-8,10,14,17,23H,9,11-12H2,1-2H3/t14-,17-/m1/s1.